The third kappa shape index (κ3) is 5.31. The van der Waals surface area contributed by atoms with Gasteiger partial charge in [0.05, 0.1) is 30.0 Å². The van der Waals surface area contributed by atoms with Crippen LogP contribution in [0.15, 0.2) is 42.7 Å². The van der Waals surface area contributed by atoms with Crippen molar-refractivity contribution in [3.63, 3.8) is 0 Å². The lowest BCUT2D eigenvalue weighted by Crippen LogP contribution is -2.48. The number of aromatic nitrogens is 3. The molecule has 2 aromatic heterocycles. The molecule has 2 aliphatic heterocycles. The van der Waals surface area contributed by atoms with E-state index in [0.29, 0.717) is 32.1 Å². The molecule has 1 atom stereocenters. The minimum absolute atomic E-state index is 0.0563. The Balaban J connectivity index is 1.31. The van der Waals surface area contributed by atoms with Crippen molar-refractivity contribution in [1.82, 2.24) is 25.2 Å². The van der Waals surface area contributed by atoms with E-state index in [1.165, 1.54) is 0 Å². The average Bonchev–Trinajstić information content (AvgIpc) is 2.92. The maximum absolute atomic E-state index is 12.0. The topological polar surface area (TPSA) is 119 Å². The Kier molecular flexibility index (Phi) is 6.97. The van der Waals surface area contributed by atoms with E-state index < -0.39 is 0 Å². The van der Waals surface area contributed by atoms with Crippen molar-refractivity contribution in [3.05, 3.63) is 42.7 Å². The second kappa shape index (κ2) is 10.6. The molecular formula is C25H28N8O2. The highest BCUT2D eigenvalue weighted by Crippen LogP contribution is 2.27. The standard InChI is InChI=1S/C25H28N8O2/c26-6-5-23(34)33-12-10-32(11-13-33)19-3-1-18(2-4-19)21-15-22-24(29-8-7-28-22)25(31-21)30-17-20-16-27-9-14-35-20/h1-4,7-8,15,20,27H,5,9-14,16-17H2,(H,30,31)/t20-/m0/s1. The molecule has 0 radical (unpaired) electrons. The smallest absolute Gasteiger partial charge is 0.236 e. The largest absolute Gasteiger partial charge is 0.374 e. The van der Waals surface area contributed by atoms with Gasteiger partial charge in [-0.25, -0.2) is 9.97 Å². The van der Waals surface area contributed by atoms with Crippen LogP contribution in [0.3, 0.4) is 0 Å². The molecule has 35 heavy (non-hydrogen) atoms. The van der Waals surface area contributed by atoms with Gasteiger partial charge in [0.15, 0.2) is 5.82 Å². The third-order valence-electron chi connectivity index (χ3n) is 6.35. The lowest BCUT2D eigenvalue weighted by Gasteiger charge is -2.35. The van der Waals surface area contributed by atoms with Gasteiger partial charge in [-0.1, -0.05) is 12.1 Å². The molecule has 0 saturated carbocycles. The van der Waals surface area contributed by atoms with Crippen molar-refractivity contribution >= 4 is 28.4 Å². The molecule has 2 saturated heterocycles. The number of carbonyl (C=O) groups is 1. The number of nitriles is 1. The Morgan fingerprint density at radius 3 is 2.71 bits per heavy atom. The zero-order valence-corrected chi connectivity index (χ0v) is 19.5. The molecule has 0 spiro atoms. The second-order valence-corrected chi connectivity index (χ2v) is 8.61. The number of fused-ring (bicyclic) bond motifs is 1. The molecule has 0 aliphatic carbocycles. The lowest BCUT2D eigenvalue weighted by atomic mass is 10.1. The summed E-state index contributed by atoms with van der Waals surface area (Å²) >= 11 is 0. The number of hydrogen-bond donors (Lipinski definition) is 2. The first kappa shape index (κ1) is 23.0. The Morgan fingerprint density at radius 2 is 1.97 bits per heavy atom. The molecule has 2 fully saturated rings. The van der Waals surface area contributed by atoms with Crippen molar-refractivity contribution in [3.8, 4) is 17.3 Å². The zero-order valence-electron chi connectivity index (χ0n) is 19.5. The number of piperazine rings is 1. The molecule has 10 nitrogen and oxygen atoms in total. The summed E-state index contributed by atoms with van der Waals surface area (Å²) in [5, 5.41) is 15.5. The summed E-state index contributed by atoms with van der Waals surface area (Å²) in [5.41, 5.74) is 4.43. The highest BCUT2D eigenvalue weighted by Gasteiger charge is 2.21. The van der Waals surface area contributed by atoms with Crippen LogP contribution in [0, 0.1) is 11.3 Å². The van der Waals surface area contributed by atoms with Gasteiger partial charge < -0.3 is 25.2 Å². The number of hydrogen-bond acceptors (Lipinski definition) is 9. The first-order chi connectivity index (χ1) is 17.2. The first-order valence-corrected chi connectivity index (χ1v) is 11.9. The molecular weight excluding hydrogens is 444 g/mol. The van der Waals surface area contributed by atoms with Crippen LogP contribution < -0.4 is 15.5 Å². The summed E-state index contributed by atoms with van der Waals surface area (Å²) in [6.45, 7) is 5.76. The molecule has 180 valence electrons. The fourth-order valence-electron chi connectivity index (χ4n) is 4.44. The number of ether oxygens (including phenoxy) is 1. The molecule has 5 rings (SSSR count). The van der Waals surface area contributed by atoms with E-state index in [2.05, 4.69) is 49.8 Å². The number of benzene rings is 1. The van der Waals surface area contributed by atoms with Crippen LogP contribution in [-0.4, -0.2) is 84.3 Å². The molecule has 0 unspecified atom stereocenters. The normalized spacial score (nSPS) is 18.3. The van der Waals surface area contributed by atoms with Gasteiger partial charge in [-0.2, -0.15) is 5.26 Å². The Labute approximate surface area is 203 Å². The van der Waals surface area contributed by atoms with E-state index in [9.17, 15) is 4.79 Å². The maximum atomic E-state index is 12.0. The number of carbonyl (C=O) groups excluding carboxylic acids is 1. The molecule has 1 amide bonds. The molecule has 3 aromatic rings. The highest BCUT2D eigenvalue weighted by molar-refractivity contribution is 5.88. The van der Waals surface area contributed by atoms with Gasteiger partial charge in [0.25, 0.3) is 0 Å². The second-order valence-electron chi connectivity index (χ2n) is 8.61. The SMILES string of the molecule is N#CCC(=O)N1CCN(c2ccc(-c3cc4nccnc4c(NC[C@@H]4CNCCO4)n3)cc2)CC1. The molecule has 2 aliphatic rings. The van der Waals surface area contributed by atoms with Crippen LogP contribution in [0.2, 0.25) is 0 Å². The zero-order chi connectivity index (χ0) is 24.0. The van der Waals surface area contributed by atoms with E-state index in [4.69, 9.17) is 15.0 Å². The van der Waals surface area contributed by atoms with Gasteiger partial charge in [-0.15, -0.1) is 0 Å². The minimum Gasteiger partial charge on any atom is -0.374 e. The maximum Gasteiger partial charge on any atom is 0.236 e. The van der Waals surface area contributed by atoms with Crippen molar-refractivity contribution in [2.24, 2.45) is 0 Å². The van der Waals surface area contributed by atoms with Gasteiger partial charge in [0.2, 0.25) is 5.91 Å². The van der Waals surface area contributed by atoms with Crippen LogP contribution in [0.25, 0.3) is 22.3 Å². The predicted molar refractivity (Wildman–Crippen MR) is 133 cm³/mol. The average molecular weight is 473 g/mol. The van der Waals surface area contributed by atoms with Gasteiger partial charge in [0, 0.05) is 69.5 Å². The molecule has 10 heteroatoms. The van der Waals surface area contributed by atoms with E-state index in [1.54, 1.807) is 17.3 Å². The minimum atomic E-state index is -0.0938. The van der Waals surface area contributed by atoms with Gasteiger partial charge >= 0.3 is 0 Å². The van der Waals surface area contributed by atoms with Crippen molar-refractivity contribution < 1.29 is 9.53 Å². The lowest BCUT2D eigenvalue weighted by molar-refractivity contribution is -0.130. The summed E-state index contributed by atoms with van der Waals surface area (Å²) in [5.74, 6) is 0.603. The Bertz CT molecular complexity index is 1210. The highest BCUT2D eigenvalue weighted by atomic mass is 16.5. The third-order valence-corrected chi connectivity index (χ3v) is 6.35. The van der Waals surface area contributed by atoms with Gasteiger partial charge in [0.1, 0.15) is 11.9 Å². The molecule has 2 N–H and O–H groups in total. The van der Waals surface area contributed by atoms with E-state index in [-0.39, 0.29) is 18.4 Å². The molecule has 1 aromatic carbocycles. The number of anilines is 2. The summed E-state index contributed by atoms with van der Waals surface area (Å²) in [7, 11) is 0. The quantitative estimate of drug-likeness (QED) is 0.552. The number of pyridine rings is 1. The fraction of sp³-hybridized carbons (Fsp3) is 0.400. The first-order valence-electron chi connectivity index (χ1n) is 11.9. The van der Waals surface area contributed by atoms with Crippen LogP contribution in [-0.2, 0) is 9.53 Å². The number of nitrogens with zero attached hydrogens (tertiary/aromatic N) is 6. The summed E-state index contributed by atoms with van der Waals surface area (Å²) in [6, 6.07) is 12.2. The molecule has 0 bridgehead atoms. The van der Waals surface area contributed by atoms with E-state index in [0.717, 1.165) is 54.2 Å². The predicted octanol–water partition coefficient (Wildman–Crippen LogP) is 1.65. The monoisotopic (exact) mass is 472 g/mol. The fourth-order valence-corrected chi connectivity index (χ4v) is 4.44. The van der Waals surface area contributed by atoms with Crippen molar-refractivity contribution in [2.75, 3.05) is 62.6 Å². The van der Waals surface area contributed by atoms with Crippen LogP contribution in [0.4, 0.5) is 11.5 Å². The van der Waals surface area contributed by atoms with Crippen LogP contribution in [0.1, 0.15) is 6.42 Å². The number of morpholine rings is 1. The van der Waals surface area contributed by atoms with Crippen LogP contribution >= 0.6 is 0 Å². The van der Waals surface area contributed by atoms with Gasteiger partial charge in [-0.3, -0.25) is 9.78 Å². The van der Waals surface area contributed by atoms with Crippen molar-refractivity contribution in [2.45, 2.75) is 12.5 Å². The number of nitrogens with one attached hydrogen (secondary N) is 2. The number of amides is 1. The van der Waals surface area contributed by atoms with Crippen molar-refractivity contribution in [1.29, 1.82) is 5.26 Å². The summed E-state index contributed by atoms with van der Waals surface area (Å²) in [6.07, 6.45) is 3.39. The summed E-state index contributed by atoms with van der Waals surface area (Å²) in [4.78, 5) is 29.8. The summed E-state index contributed by atoms with van der Waals surface area (Å²) < 4.78 is 5.80. The molecule has 4 heterocycles. The Morgan fingerprint density at radius 1 is 1.17 bits per heavy atom. The number of rotatable bonds is 6. The van der Waals surface area contributed by atoms with E-state index >= 15 is 0 Å². The van der Waals surface area contributed by atoms with Crippen LogP contribution in [0.5, 0.6) is 0 Å². The van der Waals surface area contributed by atoms with Gasteiger partial charge in [-0.05, 0) is 18.2 Å². The van der Waals surface area contributed by atoms with E-state index in [1.807, 2.05) is 12.1 Å². The Hall–Kier alpha value is -3.81.